The molecule has 0 atom stereocenters. The molecule has 0 spiro atoms. The molecule has 1 amide bonds. The summed E-state index contributed by atoms with van der Waals surface area (Å²) in [6, 6.07) is 41.2. The van der Waals surface area contributed by atoms with Crippen molar-refractivity contribution in [2.75, 3.05) is 14.2 Å². The number of pyridine rings is 2. The van der Waals surface area contributed by atoms with Crippen LogP contribution in [-0.4, -0.2) is 40.9 Å². The SMILES string of the molecule is CC(=O)c1ccc(Oc2ccc(OCc3ccccc3)cc2)nc1.CON(C)C(=O)c1ccc(Oc2ccc(OCc3ccccc3)cc2)nc1. The standard InChI is InChI=1S/C21H20N2O4.C20H17NO3/c1-23(25-2)21(24)17-8-13-20(22-14-17)27-19-11-9-18(10-12-19)26-15-16-6-4-3-5-7-16;1-15(22)17-7-12-20(21-13-17)24-19-10-8-18(9-11-19)23-14-16-5-3-2-4-6-16/h3-14H,15H2,1-2H3;2-13H,14H2,1H3. The minimum atomic E-state index is -0.281. The number of hydrogen-bond donors (Lipinski definition) is 0. The van der Waals surface area contributed by atoms with Gasteiger partial charge in [-0.15, -0.1) is 0 Å². The highest BCUT2D eigenvalue weighted by Gasteiger charge is 2.12. The van der Waals surface area contributed by atoms with Crippen molar-refractivity contribution in [3.05, 3.63) is 168 Å². The average molecular weight is 684 g/mol. The summed E-state index contributed by atoms with van der Waals surface area (Å²) in [5, 5.41) is 1.13. The number of amides is 1. The van der Waals surface area contributed by atoms with Gasteiger partial charge in [-0.25, -0.2) is 15.0 Å². The zero-order valence-corrected chi connectivity index (χ0v) is 28.5. The van der Waals surface area contributed by atoms with E-state index in [1.165, 1.54) is 33.5 Å². The predicted octanol–water partition coefficient (Wildman–Crippen LogP) is 8.74. The van der Waals surface area contributed by atoms with Crippen LogP contribution in [0.5, 0.6) is 34.8 Å². The molecule has 0 radical (unpaired) electrons. The lowest BCUT2D eigenvalue weighted by molar-refractivity contribution is -0.0757. The Kier molecular flexibility index (Phi) is 12.8. The lowest BCUT2D eigenvalue weighted by Gasteiger charge is -2.13. The average Bonchev–Trinajstić information content (AvgIpc) is 3.18. The molecule has 2 aromatic heterocycles. The Labute approximate surface area is 296 Å². The molecule has 6 aromatic rings. The number of Topliss-reactive ketones (excluding diaryl/α,β-unsaturated/α-hetero) is 1. The van der Waals surface area contributed by atoms with Crippen molar-refractivity contribution in [3.8, 4) is 34.8 Å². The summed E-state index contributed by atoms with van der Waals surface area (Å²) in [4.78, 5) is 36.3. The molecule has 0 unspecified atom stereocenters. The van der Waals surface area contributed by atoms with Gasteiger partial charge in [0.1, 0.15) is 36.2 Å². The zero-order valence-electron chi connectivity index (χ0n) is 28.5. The Morgan fingerprint density at radius 1 is 0.549 bits per heavy atom. The van der Waals surface area contributed by atoms with Crippen LogP contribution in [0.25, 0.3) is 0 Å². The maximum absolute atomic E-state index is 12.0. The molecule has 0 fully saturated rings. The fourth-order valence-corrected chi connectivity index (χ4v) is 4.41. The van der Waals surface area contributed by atoms with Crippen molar-refractivity contribution in [1.82, 2.24) is 15.0 Å². The summed E-state index contributed by atoms with van der Waals surface area (Å²) < 4.78 is 22.8. The third-order valence-corrected chi connectivity index (χ3v) is 7.27. The summed E-state index contributed by atoms with van der Waals surface area (Å²) in [6.07, 6.45) is 2.96. The normalized spacial score (nSPS) is 10.3. The highest BCUT2D eigenvalue weighted by atomic mass is 16.7. The van der Waals surface area contributed by atoms with E-state index in [9.17, 15) is 9.59 Å². The molecule has 0 aliphatic rings. The lowest BCUT2D eigenvalue weighted by Crippen LogP contribution is -2.25. The Morgan fingerprint density at radius 3 is 1.33 bits per heavy atom. The number of hydroxylamine groups is 2. The van der Waals surface area contributed by atoms with E-state index in [1.54, 1.807) is 36.4 Å². The first kappa shape index (κ1) is 35.8. The van der Waals surface area contributed by atoms with E-state index in [0.29, 0.717) is 47.6 Å². The number of carbonyl (C=O) groups excluding carboxylic acids is 2. The van der Waals surface area contributed by atoms with Gasteiger partial charge in [0.25, 0.3) is 5.91 Å². The lowest BCUT2D eigenvalue weighted by atomic mass is 10.2. The second-order valence-corrected chi connectivity index (χ2v) is 11.0. The first-order valence-corrected chi connectivity index (χ1v) is 16.0. The molecule has 10 heteroatoms. The number of carbonyl (C=O) groups is 2. The van der Waals surface area contributed by atoms with Gasteiger partial charge in [0.2, 0.25) is 11.8 Å². The number of benzene rings is 4. The number of rotatable bonds is 13. The third-order valence-electron chi connectivity index (χ3n) is 7.27. The smallest absolute Gasteiger partial charge is 0.278 e. The second-order valence-electron chi connectivity index (χ2n) is 11.0. The van der Waals surface area contributed by atoms with Crippen LogP contribution in [-0.2, 0) is 18.1 Å². The van der Waals surface area contributed by atoms with E-state index in [4.69, 9.17) is 23.8 Å². The topological polar surface area (TPSA) is 109 Å². The molecule has 2 heterocycles. The number of ether oxygens (including phenoxy) is 4. The van der Waals surface area contributed by atoms with Gasteiger partial charge in [-0.05, 0) is 78.7 Å². The van der Waals surface area contributed by atoms with Crippen LogP contribution >= 0.6 is 0 Å². The van der Waals surface area contributed by atoms with Crippen LogP contribution in [0.1, 0.15) is 38.8 Å². The number of nitrogens with zero attached hydrogens (tertiary/aromatic N) is 3. The van der Waals surface area contributed by atoms with Crippen LogP contribution in [0, 0.1) is 0 Å². The molecule has 0 aliphatic heterocycles. The van der Waals surface area contributed by atoms with Gasteiger partial charge in [-0.1, -0.05) is 60.7 Å². The monoisotopic (exact) mass is 683 g/mol. The van der Waals surface area contributed by atoms with Gasteiger partial charge in [-0.3, -0.25) is 14.4 Å². The molecule has 0 aliphatic carbocycles. The van der Waals surface area contributed by atoms with Crippen molar-refractivity contribution in [3.63, 3.8) is 0 Å². The van der Waals surface area contributed by atoms with Crippen molar-refractivity contribution in [1.29, 1.82) is 0 Å². The van der Waals surface area contributed by atoms with Crippen LogP contribution in [0.15, 0.2) is 146 Å². The number of ketones is 1. The minimum absolute atomic E-state index is 0.0195. The van der Waals surface area contributed by atoms with Crippen molar-refractivity contribution in [2.24, 2.45) is 0 Å². The Bertz CT molecular complexity index is 1950. The largest absolute Gasteiger partial charge is 0.489 e. The maximum atomic E-state index is 12.0. The first-order chi connectivity index (χ1) is 24.9. The molecular formula is C41H37N3O7. The van der Waals surface area contributed by atoms with Gasteiger partial charge < -0.3 is 18.9 Å². The summed E-state index contributed by atoms with van der Waals surface area (Å²) in [7, 11) is 2.96. The van der Waals surface area contributed by atoms with Crippen LogP contribution in [0.4, 0.5) is 0 Å². The molecule has 0 N–H and O–H groups in total. The summed E-state index contributed by atoms with van der Waals surface area (Å²) in [6.45, 7) is 2.54. The molecule has 0 saturated carbocycles. The van der Waals surface area contributed by atoms with E-state index in [2.05, 4.69) is 9.97 Å². The van der Waals surface area contributed by atoms with Crippen molar-refractivity contribution in [2.45, 2.75) is 20.1 Å². The fraction of sp³-hybridized carbons (Fsp3) is 0.122. The minimum Gasteiger partial charge on any atom is -0.489 e. The quantitative estimate of drug-likeness (QED) is 0.0872. The Morgan fingerprint density at radius 2 is 0.961 bits per heavy atom. The van der Waals surface area contributed by atoms with Gasteiger partial charge in [-0.2, -0.15) is 0 Å². The van der Waals surface area contributed by atoms with Crippen LogP contribution in [0.3, 0.4) is 0 Å². The van der Waals surface area contributed by atoms with E-state index >= 15 is 0 Å². The van der Waals surface area contributed by atoms with Gasteiger partial charge >= 0.3 is 0 Å². The molecule has 258 valence electrons. The predicted molar refractivity (Wildman–Crippen MR) is 192 cm³/mol. The Hall–Kier alpha value is -6.52. The molecular weight excluding hydrogens is 646 g/mol. The number of aromatic nitrogens is 2. The van der Waals surface area contributed by atoms with E-state index in [0.717, 1.165) is 27.7 Å². The zero-order chi connectivity index (χ0) is 35.8. The highest BCUT2D eigenvalue weighted by molar-refractivity contribution is 5.93. The van der Waals surface area contributed by atoms with Gasteiger partial charge in [0, 0.05) is 37.1 Å². The summed E-state index contributed by atoms with van der Waals surface area (Å²) >= 11 is 0. The second kappa shape index (κ2) is 18.3. The third kappa shape index (κ3) is 11.3. The molecule has 6 rings (SSSR count). The highest BCUT2D eigenvalue weighted by Crippen LogP contribution is 2.25. The molecule has 51 heavy (non-hydrogen) atoms. The summed E-state index contributed by atoms with van der Waals surface area (Å²) in [5.41, 5.74) is 3.20. The maximum Gasteiger partial charge on any atom is 0.278 e. The molecule has 0 bridgehead atoms. The van der Waals surface area contributed by atoms with E-state index < -0.39 is 0 Å². The van der Waals surface area contributed by atoms with E-state index in [1.807, 2.05) is 97.1 Å². The van der Waals surface area contributed by atoms with Crippen LogP contribution in [0.2, 0.25) is 0 Å². The fourth-order valence-electron chi connectivity index (χ4n) is 4.41. The van der Waals surface area contributed by atoms with Gasteiger partial charge in [0.15, 0.2) is 5.78 Å². The summed E-state index contributed by atoms with van der Waals surface area (Å²) in [5.74, 6) is 3.34. The Balaban J connectivity index is 0.000000199. The molecule has 10 nitrogen and oxygen atoms in total. The number of hydrogen-bond acceptors (Lipinski definition) is 9. The van der Waals surface area contributed by atoms with Crippen molar-refractivity contribution >= 4 is 11.7 Å². The van der Waals surface area contributed by atoms with Crippen molar-refractivity contribution < 1.29 is 33.4 Å². The first-order valence-electron chi connectivity index (χ1n) is 16.0. The van der Waals surface area contributed by atoms with Crippen LogP contribution < -0.4 is 18.9 Å². The molecule has 0 saturated heterocycles. The van der Waals surface area contributed by atoms with E-state index in [-0.39, 0.29) is 11.7 Å². The van der Waals surface area contributed by atoms with Gasteiger partial charge in [0.05, 0.1) is 12.7 Å². The molecule has 4 aromatic carbocycles.